The Labute approximate surface area is 102 Å². The van der Waals surface area contributed by atoms with Crippen LogP contribution < -0.4 is 0 Å². The van der Waals surface area contributed by atoms with Gasteiger partial charge in [-0.3, -0.25) is 0 Å². The summed E-state index contributed by atoms with van der Waals surface area (Å²) in [6.45, 7) is 0. The number of rotatable bonds is 1. The molecule has 2 aromatic heterocycles. The summed E-state index contributed by atoms with van der Waals surface area (Å²) in [5.74, 6) is 0. The molecule has 2 aromatic rings. The number of nitriles is 1. The van der Waals surface area contributed by atoms with Gasteiger partial charge in [0.25, 0.3) is 0 Å². The van der Waals surface area contributed by atoms with E-state index >= 15 is 0 Å². The minimum Gasteiger partial charge on any atom is -0.346 e. The van der Waals surface area contributed by atoms with Crippen LogP contribution in [-0.4, -0.2) is 4.98 Å². The van der Waals surface area contributed by atoms with Gasteiger partial charge in [-0.1, -0.05) is 0 Å². The number of nitrogens with zero attached hydrogens (tertiary/aromatic N) is 1. The van der Waals surface area contributed by atoms with Gasteiger partial charge in [0.1, 0.15) is 27.1 Å². The van der Waals surface area contributed by atoms with Gasteiger partial charge in [0.05, 0.1) is 5.56 Å². The van der Waals surface area contributed by atoms with Crippen LogP contribution in [0.5, 0.6) is 0 Å². The zero-order chi connectivity index (χ0) is 12.6. The molecule has 0 spiro atoms. The van der Waals surface area contributed by atoms with Gasteiger partial charge in [0.15, 0.2) is 5.38 Å². The Balaban J connectivity index is 2.60. The van der Waals surface area contributed by atoms with E-state index in [1.54, 1.807) is 23.6 Å². The number of thiophene rings is 1. The van der Waals surface area contributed by atoms with E-state index in [9.17, 15) is 13.2 Å². The van der Waals surface area contributed by atoms with Crippen molar-refractivity contribution in [2.45, 2.75) is 6.18 Å². The lowest BCUT2D eigenvalue weighted by Gasteiger charge is -2.01. The summed E-state index contributed by atoms with van der Waals surface area (Å²) in [5.41, 5.74) is -0.848. The number of aromatic amines is 1. The predicted octanol–water partition coefficient (Wildman–Crippen LogP) is 4.32. The fraction of sp³-hybridized carbons (Fsp3) is 0.100. The van der Waals surface area contributed by atoms with Crippen LogP contribution in [0.15, 0.2) is 23.6 Å². The average molecular weight is 278 g/mol. The molecule has 88 valence electrons. The molecule has 0 aliphatic heterocycles. The molecule has 0 amide bonds. The third kappa shape index (κ3) is 2.16. The first-order chi connectivity index (χ1) is 7.93. The van der Waals surface area contributed by atoms with Crippen molar-refractivity contribution in [3.8, 4) is 16.6 Å². The fourth-order valence-electron chi connectivity index (χ4n) is 1.40. The summed E-state index contributed by atoms with van der Waals surface area (Å²) in [6.07, 6.45) is -4.50. The van der Waals surface area contributed by atoms with Crippen LogP contribution in [-0.2, 0) is 6.18 Å². The highest BCUT2D eigenvalue weighted by molar-refractivity contribution is 7.63. The third-order valence-corrected chi connectivity index (χ3v) is 4.11. The van der Waals surface area contributed by atoms with Crippen LogP contribution in [0.4, 0.5) is 13.2 Å². The van der Waals surface area contributed by atoms with E-state index < -0.39 is 21.6 Å². The van der Waals surface area contributed by atoms with Crippen LogP contribution in [0.3, 0.4) is 0 Å². The second kappa shape index (κ2) is 4.09. The number of nitrogens with one attached hydrogen (secondary N) is 1. The summed E-state index contributed by atoms with van der Waals surface area (Å²) in [4.78, 5) is 2.71. The molecule has 7 heteroatoms. The smallest absolute Gasteiger partial charge is 0.346 e. The molecular weight excluding hydrogens is 273 g/mol. The van der Waals surface area contributed by atoms with E-state index in [2.05, 4.69) is 4.98 Å². The molecule has 2 nitrogen and oxygen atoms in total. The molecule has 17 heavy (non-hydrogen) atoms. The van der Waals surface area contributed by atoms with Crippen LogP contribution in [0.1, 0.15) is 11.3 Å². The molecular formula is C10H5ClF3N2S+. The minimum atomic E-state index is -4.50. The topological polar surface area (TPSA) is 39.6 Å². The van der Waals surface area contributed by atoms with E-state index in [4.69, 9.17) is 15.9 Å². The summed E-state index contributed by atoms with van der Waals surface area (Å²) in [7, 11) is 5.14. The first-order valence-corrected chi connectivity index (χ1v) is 6.53. The fourth-order valence-corrected chi connectivity index (χ4v) is 2.90. The van der Waals surface area contributed by atoms with Gasteiger partial charge in [-0.25, -0.2) is 0 Å². The van der Waals surface area contributed by atoms with Crippen molar-refractivity contribution in [2.24, 2.45) is 0 Å². The highest BCUT2D eigenvalue weighted by Gasteiger charge is 2.35. The van der Waals surface area contributed by atoms with Gasteiger partial charge >= 0.3 is 6.18 Å². The summed E-state index contributed by atoms with van der Waals surface area (Å²) < 4.78 is 37.5. The van der Waals surface area contributed by atoms with Gasteiger partial charge in [0.2, 0.25) is 15.6 Å². The Morgan fingerprint density at radius 1 is 1.41 bits per heavy atom. The van der Waals surface area contributed by atoms with E-state index in [1.807, 2.05) is 0 Å². The molecule has 0 saturated heterocycles. The van der Waals surface area contributed by atoms with Gasteiger partial charge in [-0.05, 0) is 12.1 Å². The Morgan fingerprint density at radius 3 is 2.59 bits per heavy atom. The lowest BCUT2D eigenvalue weighted by Crippen LogP contribution is -2.04. The Hall–Kier alpha value is -1.45. The zero-order valence-electron chi connectivity index (χ0n) is 8.18. The van der Waals surface area contributed by atoms with E-state index in [0.717, 1.165) is 6.07 Å². The number of hydrogen-bond donors (Lipinski definition) is 1. The molecule has 0 bridgehead atoms. The standard InChI is InChI=1S/C10H5ClF3N2S/c11-17-3-1-2-7(17)9-6(5-15)4-8(16-9)10(12,13)14/h1-4,16H/q+1. The molecule has 1 unspecified atom stereocenters. The molecule has 1 atom stereocenters. The zero-order valence-corrected chi connectivity index (χ0v) is 9.75. The highest BCUT2D eigenvalue weighted by atomic mass is 35.7. The van der Waals surface area contributed by atoms with Crippen molar-refractivity contribution < 1.29 is 13.2 Å². The van der Waals surface area contributed by atoms with Crippen molar-refractivity contribution in [3.63, 3.8) is 0 Å². The van der Waals surface area contributed by atoms with Gasteiger partial charge < -0.3 is 4.98 Å². The molecule has 0 aliphatic rings. The Kier molecular flexibility index (Phi) is 2.89. The predicted molar refractivity (Wildman–Crippen MR) is 59.7 cm³/mol. The van der Waals surface area contributed by atoms with Crippen molar-refractivity contribution in [1.29, 1.82) is 5.26 Å². The molecule has 2 rings (SSSR count). The maximum absolute atomic E-state index is 12.5. The summed E-state index contributed by atoms with van der Waals surface area (Å²) in [5, 5.41) is 10.5. The summed E-state index contributed by atoms with van der Waals surface area (Å²) in [6, 6.07) is 5.78. The largest absolute Gasteiger partial charge is 0.431 e. The van der Waals surface area contributed by atoms with Crippen LogP contribution in [0, 0.1) is 11.3 Å². The van der Waals surface area contributed by atoms with Gasteiger partial charge in [0, 0.05) is 6.07 Å². The van der Waals surface area contributed by atoms with E-state index in [1.165, 1.54) is 0 Å². The lowest BCUT2D eigenvalue weighted by molar-refractivity contribution is -0.140. The van der Waals surface area contributed by atoms with E-state index in [0.29, 0.717) is 4.88 Å². The number of H-pyrrole nitrogens is 1. The van der Waals surface area contributed by atoms with Crippen molar-refractivity contribution in [1.82, 2.24) is 4.98 Å². The van der Waals surface area contributed by atoms with Crippen molar-refractivity contribution in [3.05, 3.63) is 34.8 Å². The SMILES string of the molecule is N#Cc1cc(C(F)(F)F)[nH]c1-c1ccc[s+]1Cl. The highest BCUT2D eigenvalue weighted by Crippen LogP contribution is 2.40. The van der Waals surface area contributed by atoms with E-state index in [-0.39, 0.29) is 11.3 Å². The Bertz CT molecular complexity index is 591. The van der Waals surface area contributed by atoms with Crippen molar-refractivity contribution in [2.75, 3.05) is 0 Å². The molecule has 1 N–H and O–H groups in total. The second-order valence-corrected chi connectivity index (χ2v) is 5.50. The molecule has 0 aliphatic carbocycles. The third-order valence-electron chi connectivity index (χ3n) is 2.15. The average Bonchev–Trinajstić information content (AvgIpc) is 2.81. The maximum atomic E-state index is 12.5. The first kappa shape index (κ1) is 12.0. The minimum absolute atomic E-state index is 0.0505. The quantitative estimate of drug-likeness (QED) is 0.775. The van der Waals surface area contributed by atoms with Gasteiger partial charge in [-0.15, -0.1) is 0 Å². The molecule has 0 fully saturated rings. The second-order valence-electron chi connectivity index (χ2n) is 3.22. The Morgan fingerprint density at radius 2 is 2.12 bits per heavy atom. The van der Waals surface area contributed by atoms with Gasteiger partial charge in [-0.2, -0.15) is 18.4 Å². The number of halogens is 4. The molecule has 0 aromatic carbocycles. The molecule has 0 saturated carbocycles. The number of aromatic nitrogens is 1. The van der Waals surface area contributed by atoms with Crippen LogP contribution in [0.2, 0.25) is 0 Å². The van der Waals surface area contributed by atoms with Crippen LogP contribution in [0.25, 0.3) is 10.6 Å². The maximum Gasteiger partial charge on any atom is 0.431 e. The molecule has 2 heterocycles. The van der Waals surface area contributed by atoms with Crippen LogP contribution >= 0.6 is 20.4 Å². The number of hydrogen-bond acceptors (Lipinski definition) is 1. The van der Waals surface area contributed by atoms with Crippen molar-refractivity contribution >= 4 is 20.4 Å². The molecule has 0 radical (unpaired) electrons. The monoisotopic (exact) mass is 277 g/mol. The number of alkyl halides is 3. The normalized spacial score (nSPS) is 12.5. The summed E-state index contributed by atoms with van der Waals surface area (Å²) >= 11 is 0. The lowest BCUT2D eigenvalue weighted by atomic mass is 10.2. The first-order valence-electron chi connectivity index (χ1n) is 4.42.